The van der Waals surface area contributed by atoms with E-state index < -0.39 is 0 Å². The Hall–Kier alpha value is -0.0800. The van der Waals surface area contributed by atoms with Crippen LogP contribution in [0.25, 0.3) is 0 Å². The molecule has 2 nitrogen and oxygen atoms in total. The number of nitrogens with one attached hydrogen (secondary N) is 1. The standard InChI is InChI=1S/C19H40N2/c1-7-13-20-17-12-11-16(19(5,6)9-3)15-18(17)21(10-4)14-8-2/h16-18,20H,7-15H2,1-6H3. The van der Waals surface area contributed by atoms with Gasteiger partial charge in [0, 0.05) is 12.1 Å². The molecule has 0 bridgehead atoms. The molecule has 126 valence electrons. The molecule has 3 atom stereocenters. The fourth-order valence-corrected chi connectivity index (χ4v) is 3.96. The van der Waals surface area contributed by atoms with Crippen molar-refractivity contribution in [2.75, 3.05) is 19.6 Å². The lowest BCUT2D eigenvalue weighted by Gasteiger charge is -2.47. The summed E-state index contributed by atoms with van der Waals surface area (Å²) < 4.78 is 0. The molecule has 0 saturated heterocycles. The summed E-state index contributed by atoms with van der Waals surface area (Å²) in [5.74, 6) is 0.887. The molecule has 21 heavy (non-hydrogen) atoms. The van der Waals surface area contributed by atoms with Crippen molar-refractivity contribution < 1.29 is 0 Å². The van der Waals surface area contributed by atoms with Crippen LogP contribution >= 0.6 is 0 Å². The van der Waals surface area contributed by atoms with Crippen molar-refractivity contribution in [3.8, 4) is 0 Å². The van der Waals surface area contributed by atoms with E-state index in [1.165, 1.54) is 58.2 Å². The van der Waals surface area contributed by atoms with E-state index in [1.54, 1.807) is 0 Å². The highest BCUT2D eigenvalue weighted by atomic mass is 15.2. The van der Waals surface area contributed by atoms with E-state index >= 15 is 0 Å². The van der Waals surface area contributed by atoms with Gasteiger partial charge in [-0.25, -0.2) is 0 Å². The van der Waals surface area contributed by atoms with E-state index in [4.69, 9.17) is 0 Å². The van der Waals surface area contributed by atoms with Gasteiger partial charge in [-0.05, 0) is 63.1 Å². The molecule has 0 aliphatic heterocycles. The topological polar surface area (TPSA) is 15.3 Å². The zero-order chi connectivity index (χ0) is 15.9. The summed E-state index contributed by atoms with van der Waals surface area (Å²) in [5.41, 5.74) is 0.500. The molecule has 1 rings (SSSR count). The molecule has 0 spiro atoms. The lowest BCUT2D eigenvalue weighted by Crippen LogP contribution is -2.54. The minimum atomic E-state index is 0.500. The Labute approximate surface area is 134 Å². The maximum absolute atomic E-state index is 3.84. The summed E-state index contributed by atoms with van der Waals surface area (Å²) in [5, 5.41) is 3.84. The van der Waals surface area contributed by atoms with Crippen LogP contribution in [0.5, 0.6) is 0 Å². The van der Waals surface area contributed by atoms with Gasteiger partial charge in [0.2, 0.25) is 0 Å². The third kappa shape index (κ3) is 5.25. The summed E-state index contributed by atoms with van der Waals surface area (Å²) in [6, 6.07) is 1.45. The van der Waals surface area contributed by atoms with Crippen LogP contribution in [0.1, 0.15) is 80.1 Å². The number of likely N-dealkylation sites (N-methyl/N-ethyl adjacent to an activating group) is 1. The maximum Gasteiger partial charge on any atom is 0.0252 e. The predicted molar refractivity (Wildman–Crippen MR) is 94.8 cm³/mol. The Bertz CT molecular complexity index is 275. The second-order valence-corrected chi connectivity index (χ2v) is 7.61. The highest BCUT2D eigenvalue weighted by Gasteiger charge is 2.38. The summed E-state index contributed by atoms with van der Waals surface area (Å²) in [7, 11) is 0. The lowest BCUT2D eigenvalue weighted by molar-refractivity contribution is 0.0522. The molecular formula is C19H40N2. The number of hydrogen-bond donors (Lipinski definition) is 1. The molecule has 0 aromatic heterocycles. The van der Waals surface area contributed by atoms with Crippen LogP contribution in [0.15, 0.2) is 0 Å². The van der Waals surface area contributed by atoms with Crippen LogP contribution in [0, 0.1) is 11.3 Å². The van der Waals surface area contributed by atoms with Crippen LogP contribution in [-0.2, 0) is 0 Å². The zero-order valence-corrected chi connectivity index (χ0v) is 15.5. The van der Waals surface area contributed by atoms with Crippen LogP contribution in [0.2, 0.25) is 0 Å². The van der Waals surface area contributed by atoms with E-state index in [9.17, 15) is 0 Å². The fourth-order valence-electron chi connectivity index (χ4n) is 3.96. The average Bonchev–Trinajstić information content (AvgIpc) is 2.50. The largest absolute Gasteiger partial charge is 0.312 e. The van der Waals surface area contributed by atoms with E-state index in [0.29, 0.717) is 11.5 Å². The highest BCUT2D eigenvalue weighted by molar-refractivity contribution is 4.94. The molecule has 0 aromatic carbocycles. The third-order valence-electron chi connectivity index (χ3n) is 5.88. The van der Waals surface area contributed by atoms with Crippen molar-refractivity contribution in [3.63, 3.8) is 0 Å². The molecule has 0 radical (unpaired) electrons. The first-order chi connectivity index (χ1) is 10.00. The quantitative estimate of drug-likeness (QED) is 0.664. The van der Waals surface area contributed by atoms with Crippen LogP contribution < -0.4 is 5.32 Å². The molecule has 3 unspecified atom stereocenters. The van der Waals surface area contributed by atoms with Crippen molar-refractivity contribution in [3.05, 3.63) is 0 Å². The van der Waals surface area contributed by atoms with E-state index in [-0.39, 0.29) is 0 Å². The normalized spacial score (nSPS) is 27.3. The molecule has 1 N–H and O–H groups in total. The monoisotopic (exact) mass is 296 g/mol. The van der Waals surface area contributed by atoms with Crippen molar-refractivity contribution >= 4 is 0 Å². The van der Waals surface area contributed by atoms with Gasteiger partial charge < -0.3 is 5.32 Å². The van der Waals surface area contributed by atoms with Crippen LogP contribution in [0.3, 0.4) is 0 Å². The van der Waals surface area contributed by atoms with Gasteiger partial charge in [-0.1, -0.05) is 48.0 Å². The molecule has 0 amide bonds. The Kier molecular flexibility index (Phi) is 8.26. The van der Waals surface area contributed by atoms with Gasteiger partial charge in [-0.2, -0.15) is 0 Å². The van der Waals surface area contributed by atoms with Crippen LogP contribution in [-0.4, -0.2) is 36.6 Å². The molecule has 0 heterocycles. The molecule has 1 aliphatic carbocycles. The van der Waals surface area contributed by atoms with Crippen molar-refractivity contribution in [2.24, 2.45) is 11.3 Å². The summed E-state index contributed by atoms with van der Waals surface area (Å²) in [4.78, 5) is 2.74. The van der Waals surface area contributed by atoms with Crippen LogP contribution in [0.4, 0.5) is 0 Å². The minimum absolute atomic E-state index is 0.500. The van der Waals surface area contributed by atoms with Gasteiger partial charge >= 0.3 is 0 Å². The molecule has 1 fully saturated rings. The Morgan fingerprint density at radius 3 is 2.29 bits per heavy atom. The van der Waals surface area contributed by atoms with Gasteiger partial charge in [0.25, 0.3) is 0 Å². The molecule has 0 aromatic rings. The third-order valence-corrected chi connectivity index (χ3v) is 5.88. The Morgan fingerprint density at radius 2 is 1.76 bits per heavy atom. The number of nitrogens with zero attached hydrogens (tertiary/aromatic N) is 1. The van der Waals surface area contributed by atoms with E-state index in [0.717, 1.165) is 12.0 Å². The molecule has 2 heteroatoms. The van der Waals surface area contributed by atoms with Gasteiger partial charge in [0.1, 0.15) is 0 Å². The average molecular weight is 297 g/mol. The first-order valence-corrected chi connectivity index (χ1v) is 9.47. The van der Waals surface area contributed by atoms with Crippen molar-refractivity contribution in [1.82, 2.24) is 10.2 Å². The zero-order valence-electron chi connectivity index (χ0n) is 15.5. The summed E-state index contributed by atoms with van der Waals surface area (Å²) >= 11 is 0. The summed E-state index contributed by atoms with van der Waals surface area (Å²) in [6.45, 7) is 17.9. The second-order valence-electron chi connectivity index (χ2n) is 7.61. The summed E-state index contributed by atoms with van der Waals surface area (Å²) in [6.07, 6.45) is 7.97. The van der Waals surface area contributed by atoms with Gasteiger partial charge in [0.15, 0.2) is 0 Å². The van der Waals surface area contributed by atoms with Crippen molar-refractivity contribution in [1.29, 1.82) is 0 Å². The van der Waals surface area contributed by atoms with Crippen molar-refractivity contribution in [2.45, 2.75) is 92.2 Å². The lowest BCUT2D eigenvalue weighted by atomic mass is 9.67. The minimum Gasteiger partial charge on any atom is -0.312 e. The highest BCUT2D eigenvalue weighted by Crippen LogP contribution is 2.41. The smallest absolute Gasteiger partial charge is 0.0252 e. The SMILES string of the molecule is CCCNC1CCC(C(C)(C)CC)CC1N(CC)CCC. The van der Waals surface area contributed by atoms with Gasteiger partial charge in [-0.3, -0.25) is 4.90 Å². The van der Waals surface area contributed by atoms with E-state index in [1.807, 2.05) is 0 Å². The van der Waals surface area contributed by atoms with Gasteiger partial charge in [-0.15, -0.1) is 0 Å². The number of hydrogen-bond acceptors (Lipinski definition) is 2. The second kappa shape index (κ2) is 9.15. The Balaban J connectivity index is 2.79. The van der Waals surface area contributed by atoms with E-state index in [2.05, 4.69) is 51.8 Å². The first-order valence-electron chi connectivity index (χ1n) is 9.47. The maximum atomic E-state index is 3.84. The molecule has 1 saturated carbocycles. The molecular weight excluding hydrogens is 256 g/mol. The number of rotatable bonds is 9. The predicted octanol–water partition coefficient (Wildman–Crippen LogP) is 4.69. The van der Waals surface area contributed by atoms with Gasteiger partial charge in [0.05, 0.1) is 0 Å². The Morgan fingerprint density at radius 1 is 1.05 bits per heavy atom. The first kappa shape index (κ1) is 19.0. The molecule has 1 aliphatic rings. The fraction of sp³-hybridized carbons (Fsp3) is 1.00.